The molecule has 2 heteroatoms. The molecule has 0 aliphatic carbocycles. The van der Waals surface area contributed by atoms with Crippen LogP contribution in [0.1, 0.15) is 27.7 Å². The summed E-state index contributed by atoms with van der Waals surface area (Å²) in [5.74, 6) is 0.548. The van der Waals surface area contributed by atoms with Crippen LogP contribution in [0.3, 0.4) is 0 Å². The third-order valence-corrected chi connectivity index (χ3v) is 2.55. The highest BCUT2D eigenvalue weighted by Gasteiger charge is 2.35. The van der Waals surface area contributed by atoms with Crippen LogP contribution in [0.2, 0.25) is 0 Å². The predicted molar refractivity (Wildman–Crippen MR) is 55.5 cm³/mol. The first-order valence-corrected chi connectivity index (χ1v) is 5.09. The fourth-order valence-electron chi connectivity index (χ4n) is 1.96. The van der Waals surface area contributed by atoms with Gasteiger partial charge in [-0.25, -0.2) is 0 Å². The zero-order valence-corrected chi connectivity index (χ0v) is 9.16. The van der Waals surface area contributed by atoms with Crippen molar-refractivity contribution in [2.45, 2.75) is 46.0 Å². The number of hydrogen-bond acceptors (Lipinski definition) is 2. The molecule has 0 N–H and O–H groups in total. The summed E-state index contributed by atoms with van der Waals surface area (Å²) in [6.45, 7) is 13.5. The maximum absolute atomic E-state index is 5.75. The second-order valence-corrected chi connectivity index (χ2v) is 4.31. The van der Waals surface area contributed by atoms with Gasteiger partial charge in [-0.15, -0.1) is 6.58 Å². The minimum Gasteiger partial charge on any atom is -0.361 e. The van der Waals surface area contributed by atoms with E-state index in [9.17, 15) is 0 Å². The molecule has 1 heterocycles. The predicted octanol–water partition coefficient (Wildman–Crippen LogP) is 2.26. The molecule has 13 heavy (non-hydrogen) atoms. The van der Waals surface area contributed by atoms with E-state index in [1.54, 1.807) is 0 Å². The van der Waals surface area contributed by atoms with E-state index in [1.807, 2.05) is 6.08 Å². The van der Waals surface area contributed by atoms with E-state index >= 15 is 0 Å². The van der Waals surface area contributed by atoms with Crippen LogP contribution in [0, 0.1) is 5.92 Å². The SMILES string of the molecule is C=C[C@H]1COC(C(C)C)N1C(C)C. The largest absolute Gasteiger partial charge is 0.361 e. The fourth-order valence-corrected chi connectivity index (χ4v) is 1.96. The van der Waals surface area contributed by atoms with Crippen molar-refractivity contribution in [3.8, 4) is 0 Å². The second kappa shape index (κ2) is 4.25. The Morgan fingerprint density at radius 1 is 1.38 bits per heavy atom. The summed E-state index contributed by atoms with van der Waals surface area (Å²) < 4.78 is 5.75. The van der Waals surface area contributed by atoms with Crippen molar-refractivity contribution in [3.63, 3.8) is 0 Å². The van der Waals surface area contributed by atoms with Gasteiger partial charge in [0.15, 0.2) is 0 Å². The molecule has 0 aromatic rings. The third kappa shape index (κ3) is 2.12. The zero-order chi connectivity index (χ0) is 10.0. The minimum atomic E-state index is 0.267. The monoisotopic (exact) mass is 183 g/mol. The van der Waals surface area contributed by atoms with E-state index in [0.717, 1.165) is 6.61 Å². The van der Waals surface area contributed by atoms with Crippen molar-refractivity contribution < 1.29 is 4.74 Å². The zero-order valence-electron chi connectivity index (χ0n) is 9.16. The Bertz CT molecular complexity index is 177. The summed E-state index contributed by atoms with van der Waals surface area (Å²) in [5.41, 5.74) is 0. The number of ether oxygens (including phenoxy) is 1. The van der Waals surface area contributed by atoms with Crippen LogP contribution in [0.5, 0.6) is 0 Å². The van der Waals surface area contributed by atoms with Crippen LogP contribution in [-0.2, 0) is 4.74 Å². The van der Waals surface area contributed by atoms with E-state index < -0.39 is 0 Å². The highest BCUT2D eigenvalue weighted by atomic mass is 16.5. The summed E-state index contributed by atoms with van der Waals surface area (Å²) in [7, 11) is 0. The minimum absolute atomic E-state index is 0.267. The maximum Gasteiger partial charge on any atom is 0.113 e. The molecule has 1 rings (SSSR count). The first-order valence-electron chi connectivity index (χ1n) is 5.09. The van der Waals surface area contributed by atoms with Gasteiger partial charge in [0.2, 0.25) is 0 Å². The maximum atomic E-state index is 5.75. The highest BCUT2D eigenvalue weighted by Crippen LogP contribution is 2.25. The van der Waals surface area contributed by atoms with Crippen molar-refractivity contribution in [1.82, 2.24) is 4.90 Å². The van der Waals surface area contributed by atoms with Crippen molar-refractivity contribution in [3.05, 3.63) is 12.7 Å². The van der Waals surface area contributed by atoms with Crippen molar-refractivity contribution >= 4 is 0 Å². The molecular formula is C11H21NO. The van der Waals surface area contributed by atoms with Gasteiger partial charge in [0.25, 0.3) is 0 Å². The molecule has 1 aliphatic heterocycles. The van der Waals surface area contributed by atoms with Gasteiger partial charge in [-0.3, -0.25) is 4.90 Å². The summed E-state index contributed by atoms with van der Waals surface area (Å²) in [6, 6.07) is 0.922. The first kappa shape index (κ1) is 10.7. The number of hydrogen-bond donors (Lipinski definition) is 0. The normalized spacial score (nSPS) is 30.3. The van der Waals surface area contributed by atoms with Gasteiger partial charge in [0, 0.05) is 6.04 Å². The standard InChI is InChI=1S/C11H21NO/c1-6-10-7-13-11(8(2)3)12(10)9(4)5/h6,8-11H,1,7H2,2-5H3/t10-,11?/m0/s1. The molecule has 2 nitrogen and oxygen atoms in total. The Hall–Kier alpha value is -0.340. The lowest BCUT2D eigenvalue weighted by molar-refractivity contribution is -0.0172. The summed E-state index contributed by atoms with van der Waals surface area (Å²) in [4.78, 5) is 2.40. The van der Waals surface area contributed by atoms with E-state index in [1.165, 1.54) is 0 Å². The Kier molecular flexibility index (Phi) is 3.51. The highest BCUT2D eigenvalue weighted by molar-refractivity contribution is 4.95. The molecule has 0 aromatic heterocycles. The Labute approximate surface area is 81.6 Å². The van der Waals surface area contributed by atoms with Crippen LogP contribution in [0.4, 0.5) is 0 Å². The first-order chi connectivity index (χ1) is 6.07. The molecule has 0 aromatic carbocycles. The van der Waals surface area contributed by atoms with Crippen molar-refractivity contribution in [2.24, 2.45) is 5.92 Å². The van der Waals surface area contributed by atoms with Gasteiger partial charge in [-0.05, 0) is 19.8 Å². The van der Waals surface area contributed by atoms with Crippen LogP contribution in [0.15, 0.2) is 12.7 Å². The Morgan fingerprint density at radius 2 is 2.00 bits per heavy atom. The fraction of sp³-hybridized carbons (Fsp3) is 0.818. The van der Waals surface area contributed by atoms with Crippen LogP contribution < -0.4 is 0 Å². The topological polar surface area (TPSA) is 12.5 Å². The van der Waals surface area contributed by atoms with Crippen molar-refractivity contribution in [1.29, 1.82) is 0 Å². The lowest BCUT2D eigenvalue weighted by Crippen LogP contribution is -2.43. The average molecular weight is 183 g/mol. The lowest BCUT2D eigenvalue weighted by atomic mass is 10.1. The van der Waals surface area contributed by atoms with Crippen LogP contribution >= 0.6 is 0 Å². The lowest BCUT2D eigenvalue weighted by Gasteiger charge is -2.32. The van der Waals surface area contributed by atoms with E-state index in [2.05, 4.69) is 39.2 Å². The summed E-state index contributed by atoms with van der Waals surface area (Å²) in [6.07, 6.45) is 2.26. The average Bonchev–Trinajstić information content (AvgIpc) is 2.46. The molecule has 1 saturated heterocycles. The molecule has 76 valence electrons. The van der Waals surface area contributed by atoms with Crippen molar-refractivity contribution in [2.75, 3.05) is 6.61 Å². The third-order valence-electron chi connectivity index (χ3n) is 2.55. The molecule has 0 amide bonds. The molecule has 1 unspecified atom stereocenters. The van der Waals surface area contributed by atoms with Gasteiger partial charge in [-0.1, -0.05) is 19.9 Å². The van der Waals surface area contributed by atoms with Crippen LogP contribution in [0.25, 0.3) is 0 Å². The number of nitrogens with zero attached hydrogens (tertiary/aromatic N) is 1. The quantitative estimate of drug-likeness (QED) is 0.622. The molecule has 0 bridgehead atoms. The Morgan fingerprint density at radius 3 is 2.38 bits per heavy atom. The Balaban J connectivity index is 2.72. The second-order valence-electron chi connectivity index (χ2n) is 4.31. The molecule has 1 aliphatic rings. The molecule has 1 fully saturated rings. The molecule has 0 radical (unpaired) electrons. The molecule has 0 spiro atoms. The molecular weight excluding hydrogens is 162 g/mol. The smallest absolute Gasteiger partial charge is 0.113 e. The van der Waals surface area contributed by atoms with Gasteiger partial charge in [0.1, 0.15) is 6.23 Å². The molecule has 2 atom stereocenters. The van der Waals surface area contributed by atoms with Gasteiger partial charge >= 0.3 is 0 Å². The van der Waals surface area contributed by atoms with Crippen LogP contribution in [-0.4, -0.2) is 29.8 Å². The van der Waals surface area contributed by atoms with Gasteiger partial charge in [0.05, 0.1) is 12.6 Å². The summed E-state index contributed by atoms with van der Waals surface area (Å²) >= 11 is 0. The van der Waals surface area contributed by atoms with E-state index in [0.29, 0.717) is 18.0 Å². The molecule has 0 saturated carbocycles. The van der Waals surface area contributed by atoms with Gasteiger partial charge in [-0.2, -0.15) is 0 Å². The van der Waals surface area contributed by atoms with E-state index in [4.69, 9.17) is 4.74 Å². The number of rotatable bonds is 3. The summed E-state index contributed by atoms with van der Waals surface area (Å²) in [5, 5.41) is 0. The van der Waals surface area contributed by atoms with Gasteiger partial charge < -0.3 is 4.74 Å². The van der Waals surface area contributed by atoms with E-state index in [-0.39, 0.29) is 6.23 Å².